The topological polar surface area (TPSA) is 64.3 Å². The van der Waals surface area contributed by atoms with Crippen LogP contribution in [0.5, 0.6) is 0 Å². The Hall–Kier alpha value is -1.08. The summed E-state index contributed by atoms with van der Waals surface area (Å²) in [7, 11) is 0. The Kier molecular flexibility index (Phi) is 7.65. The van der Waals surface area contributed by atoms with Crippen molar-refractivity contribution in [3.8, 4) is 6.07 Å². The van der Waals surface area contributed by atoms with Gasteiger partial charge in [-0.3, -0.25) is 9.69 Å². The average molecular weight is 212 g/mol. The van der Waals surface area contributed by atoms with Gasteiger partial charge in [-0.1, -0.05) is 0 Å². The number of rotatable bonds is 8. The van der Waals surface area contributed by atoms with Crippen LogP contribution in [-0.4, -0.2) is 35.1 Å². The first-order valence-electron chi connectivity index (χ1n) is 5.40. The number of hydrogen-bond acceptors (Lipinski definition) is 3. The molecule has 15 heavy (non-hydrogen) atoms. The van der Waals surface area contributed by atoms with Crippen LogP contribution in [0.1, 0.15) is 39.5 Å². The first-order valence-corrected chi connectivity index (χ1v) is 5.40. The highest BCUT2D eigenvalue weighted by molar-refractivity contribution is 5.66. The van der Waals surface area contributed by atoms with Gasteiger partial charge in [0.1, 0.15) is 0 Å². The number of unbranched alkanes of at least 4 members (excludes halogenated alkanes) is 1. The smallest absolute Gasteiger partial charge is 0.303 e. The van der Waals surface area contributed by atoms with Crippen molar-refractivity contribution in [2.24, 2.45) is 0 Å². The van der Waals surface area contributed by atoms with Gasteiger partial charge in [0.25, 0.3) is 0 Å². The number of aliphatic carboxylic acids is 1. The molecule has 0 aromatic heterocycles. The summed E-state index contributed by atoms with van der Waals surface area (Å²) in [6.45, 7) is 5.84. The van der Waals surface area contributed by atoms with E-state index in [-0.39, 0.29) is 6.42 Å². The van der Waals surface area contributed by atoms with E-state index in [0.717, 1.165) is 19.5 Å². The molecule has 0 bridgehead atoms. The van der Waals surface area contributed by atoms with Gasteiger partial charge < -0.3 is 5.11 Å². The molecule has 0 aliphatic heterocycles. The summed E-state index contributed by atoms with van der Waals surface area (Å²) in [6, 6.07) is 2.55. The van der Waals surface area contributed by atoms with Crippen LogP contribution in [0.4, 0.5) is 0 Å². The third-order valence-electron chi connectivity index (χ3n) is 2.33. The monoisotopic (exact) mass is 212 g/mol. The lowest BCUT2D eigenvalue weighted by atomic mass is 10.2. The molecule has 0 aromatic carbocycles. The van der Waals surface area contributed by atoms with E-state index < -0.39 is 5.97 Å². The fourth-order valence-electron chi connectivity index (χ4n) is 1.41. The Bertz CT molecular complexity index is 221. The Morgan fingerprint density at radius 2 is 2.07 bits per heavy atom. The number of carboxylic acid groups (broad SMARTS) is 1. The van der Waals surface area contributed by atoms with Crippen molar-refractivity contribution in [2.75, 3.05) is 13.1 Å². The highest BCUT2D eigenvalue weighted by atomic mass is 16.4. The summed E-state index contributed by atoms with van der Waals surface area (Å²) in [5.41, 5.74) is 0. The molecular formula is C11H20N2O2. The molecule has 0 heterocycles. The normalized spacial score (nSPS) is 10.6. The maximum atomic E-state index is 10.3. The second kappa shape index (κ2) is 8.25. The molecule has 0 spiro atoms. The quantitative estimate of drug-likeness (QED) is 0.624. The summed E-state index contributed by atoms with van der Waals surface area (Å²) in [4.78, 5) is 12.5. The molecule has 0 aliphatic rings. The van der Waals surface area contributed by atoms with Gasteiger partial charge in [-0.2, -0.15) is 5.26 Å². The number of nitriles is 1. The Morgan fingerprint density at radius 3 is 2.53 bits per heavy atom. The molecule has 0 saturated carbocycles. The molecular weight excluding hydrogens is 192 g/mol. The highest BCUT2D eigenvalue weighted by Crippen LogP contribution is 2.04. The molecule has 0 fully saturated rings. The van der Waals surface area contributed by atoms with Gasteiger partial charge in [-0.15, -0.1) is 0 Å². The minimum Gasteiger partial charge on any atom is -0.481 e. The van der Waals surface area contributed by atoms with Gasteiger partial charge >= 0.3 is 5.97 Å². The molecule has 86 valence electrons. The first kappa shape index (κ1) is 13.9. The molecule has 0 aliphatic carbocycles. The lowest BCUT2D eigenvalue weighted by molar-refractivity contribution is -0.137. The number of nitrogens with zero attached hydrogens (tertiary/aromatic N) is 2. The summed E-state index contributed by atoms with van der Waals surface area (Å²) < 4.78 is 0. The second-order valence-electron chi connectivity index (χ2n) is 3.89. The molecule has 0 radical (unpaired) electrons. The van der Waals surface area contributed by atoms with Crippen LogP contribution in [0.2, 0.25) is 0 Å². The van der Waals surface area contributed by atoms with Crippen LogP contribution in [0.3, 0.4) is 0 Å². The predicted molar refractivity (Wildman–Crippen MR) is 58.4 cm³/mol. The van der Waals surface area contributed by atoms with Gasteiger partial charge in [0.2, 0.25) is 0 Å². The molecule has 0 atom stereocenters. The minimum atomic E-state index is -0.733. The van der Waals surface area contributed by atoms with E-state index in [0.29, 0.717) is 18.9 Å². The molecule has 0 amide bonds. The van der Waals surface area contributed by atoms with Crippen molar-refractivity contribution in [3.05, 3.63) is 0 Å². The molecule has 0 aromatic rings. The standard InChI is InChI=1S/C11H20N2O2/c1-10(2)13(9-5-7-12)8-4-3-6-11(14)15/h10H,3-6,8-9H2,1-2H3,(H,14,15). The maximum Gasteiger partial charge on any atom is 0.303 e. The van der Waals surface area contributed by atoms with Gasteiger partial charge in [0.15, 0.2) is 0 Å². The maximum absolute atomic E-state index is 10.3. The van der Waals surface area contributed by atoms with E-state index >= 15 is 0 Å². The van der Waals surface area contributed by atoms with E-state index in [1.165, 1.54) is 0 Å². The van der Waals surface area contributed by atoms with E-state index in [1.54, 1.807) is 0 Å². The summed E-state index contributed by atoms with van der Waals surface area (Å²) in [6.07, 6.45) is 2.38. The third-order valence-corrected chi connectivity index (χ3v) is 2.33. The summed E-state index contributed by atoms with van der Waals surface area (Å²) >= 11 is 0. The number of carboxylic acids is 1. The van der Waals surface area contributed by atoms with Crippen LogP contribution in [0.25, 0.3) is 0 Å². The summed E-state index contributed by atoms with van der Waals surface area (Å²) in [5.74, 6) is -0.733. The minimum absolute atomic E-state index is 0.240. The molecule has 0 saturated heterocycles. The second-order valence-corrected chi connectivity index (χ2v) is 3.89. The van der Waals surface area contributed by atoms with Crippen LogP contribution in [0, 0.1) is 11.3 Å². The fraction of sp³-hybridized carbons (Fsp3) is 0.818. The third kappa shape index (κ3) is 7.95. The van der Waals surface area contributed by atoms with Crippen LogP contribution in [-0.2, 0) is 4.79 Å². The van der Waals surface area contributed by atoms with Crippen molar-refractivity contribution in [1.29, 1.82) is 5.26 Å². The zero-order valence-electron chi connectivity index (χ0n) is 9.57. The van der Waals surface area contributed by atoms with E-state index in [1.807, 2.05) is 0 Å². The van der Waals surface area contributed by atoms with Crippen LogP contribution in [0.15, 0.2) is 0 Å². The van der Waals surface area contributed by atoms with Crippen molar-refractivity contribution in [2.45, 2.75) is 45.6 Å². The lowest BCUT2D eigenvalue weighted by Crippen LogP contribution is -2.32. The predicted octanol–water partition coefficient (Wildman–Crippen LogP) is 1.87. The molecule has 0 rings (SSSR count). The molecule has 4 nitrogen and oxygen atoms in total. The Labute approximate surface area is 91.5 Å². The number of hydrogen-bond donors (Lipinski definition) is 1. The van der Waals surface area contributed by atoms with Gasteiger partial charge in [0, 0.05) is 25.4 Å². The Morgan fingerprint density at radius 1 is 1.40 bits per heavy atom. The van der Waals surface area contributed by atoms with E-state index in [9.17, 15) is 4.79 Å². The molecule has 1 N–H and O–H groups in total. The van der Waals surface area contributed by atoms with E-state index in [2.05, 4.69) is 24.8 Å². The zero-order chi connectivity index (χ0) is 11.7. The van der Waals surface area contributed by atoms with Gasteiger partial charge in [0.05, 0.1) is 6.07 Å². The first-order chi connectivity index (χ1) is 7.07. The highest BCUT2D eigenvalue weighted by Gasteiger charge is 2.08. The van der Waals surface area contributed by atoms with Crippen molar-refractivity contribution in [1.82, 2.24) is 4.90 Å². The van der Waals surface area contributed by atoms with Crippen LogP contribution < -0.4 is 0 Å². The van der Waals surface area contributed by atoms with Crippen molar-refractivity contribution in [3.63, 3.8) is 0 Å². The molecule has 0 unspecified atom stereocenters. The number of carbonyl (C=O) groups is 1. The SMILES string of the molecule is CC(C)N(CCC#N)CCCCC(=O)O. The Balaban J connectivity index is 3.67. The average Bonchev–Trinajstić information content (AvgIpc) is 2.15. The molecule has 4 heteroatoms. The van der Waals surface area contributed by atoms with Crippen LogP contribution >= 0.6 is 0 Å². The van der Waals surface area contributed by atoms with Gasteiger partial charge in [-0.05, 0) is 33.2 Å². The lowest BCUT2D eigenvalue weighted by Gasteiger charge is -2.25. The summed E-state index contributed by atoms with van der Waals surface area (Å²) in [5, 5.41) is 17.0. The van der Waals surface area contributed by atoms with Crippen molar-refractivity contribution >= 4 is 5.97 Å². The van der Waals surface area contributed by atoms with E-state index in [4.69, 9.17) is 10.4 Å². The largest absolute Gasteiger partial charge is 0.481 e. The van der Waals surface area contributed by atoms with Gasteiger partial charge in [-0.25, -0.2) is 0 Å². The zero-order valence-corrected chi connectivity index (χ0v) is 9.57. The van der Waals surface area contributed by atoms with Crippen molar-refractivity contribution < 1.29 is 9.90 Å². The fourth-order valence-corrected chi connectivity index (χ4v) is 1.41.